The number of ether oxygens (including phenoxy) is 12. The van der Waals surface area contributed by atoms with Gasteiger partial charge in [0.25, 0.3) is 0 Å². The van der Waals surface area contributed by atoms with E-state index in [2.05, 4.69) is 0 Å². The van der Waals surface area contributed by atoms with Crippen LogP contribution < -0.4 is 9.47 Å². The molecule has 6 heterocycles. The zero-order valence-electron chi connectivity index (χ0n) is 54.9. The number of aromatic hydroxyl groups is 22. The average Bonchev–Trinajstić information content (AvgIpc) is 1.36. The van der Waals surface area contributed by atoms with E-state index in [4.69, 9.17) is 56.8 Å². The molecule has 0 amide bonds. The number of esters is 8. The van der Waals surface area contributed by atoms with Crippen molar-refractivity contribution in [1.82, 2.24) is 0 Å². The monoisotopic (exact) mass is 1570 g/mol. The minimum atomic E-state index is -2.94. The fourth-order valence-corrected chi connectivity index (χ4v) is 12.3. The molecular formula is C68H48O44. The largest absolute Gasteiger partial charge is 0.504 e. The van der Waals surface area contributed by atoms with Gasteiger partial charge >= 0.3 is 47.8 Å². The molecule has 2 fully saturated rings. The molecule has 1 unspecified atom stereocenters. The van der Waals surface area contributed by atoms with Gasteiger partial charge in [0, 0.05) is 46.5 Å². The van der Waals surface area contributed by atoms with E-state index in [9.17, 15) is 142 Å². The van der Waals surface area contributed by atoms with Crippen molar-refractivity contribution >= 4 is 47.8 Å². The molecule has 0 aliphatic carbocycles. The topological polar surface area (TPSA) is 733 Å². The zero-order valence-corrected chi connectivity index (χ0v) is 54.9. The molecule has 0 radical (unpaired) electrons. The summed E-state index contributed by atoms with van der Waals surface area (Å²) >= 11 is 0. The second-order valence-corrected chi connectivity index (χ2v) is 24.4. The van der Waals surface area contributed by atoms with Crippen molar-refractivity contribution in [2.45, 2.75) is 61.4 Å². The summed E-state index contributed by atoms with van der Waals surface area (Å²) in [5.41, 5.74) is -15.9. The fraction of sp³-hybridized carbons (Fsp3) is 0.176. The molecule has 44 heteroatoms. The normalized spacial score (nSPS) is 21.4. The molecule has 2 saturated heterocycles. The first-order chi connectivity index (χ1) is 52.8. The van der Waals surface area contributed by atoms with Crippen LogP contribution in [0.25, 0.3) is 22.3 Å². The first kappa shape index (κ1) is 74.8. The summed E-state index contributed by atoms with van der Waals surface area (Å²) in [6.45, 7) is -2.98. The van der Waals surface area contributed by atoms with E-state index in [1.165, 1.54) is 0 Å². The third-order valence-corrected chi connectivity index (χ3v) is 17.7. The smallest absolute Gasteiger partial charge is 0.342 e. The number of aliphatic hydroxyl groups is 2. The van der Waals surface area contributed by atoms with Crippen LogP contribution in [0.2, 0.25) is 0 Å². The second-order valence-electron chi connectivity index (χ2n) is 24.4. The molecule has 24 N–H and O–H groups in total. The summed E-state index contributed by atoms with van der Waals surface area (Å²) in [5, 5.41) is 269. The lowest BCUT2D eigenvalue weighted by Gasteiger charge is -2.42. The van der Waals surface area contributed by atoms with Crippen LogP contribution in [-0.2, 0) is 47.4 Å². The number of hydrogen-bond donors (Lipinski definition) is 24. The van der Waals surface area contributed by atoms with Crippen LogP contribution in [0.15, 0.2) is 60.7 Å². The van der Waals surface area contributed by atoms with Crippen LogP contribution in [-0.4, -0.2) is 245 Å². The number of benzene rings is 8. The Morgan fingerprint density at radius 1 is 0.295 bits per heavy atom. The van der Waals surface area contributed by atoms with Crippen LogP contribution in [0.1, 0.15) is 82.9 Å². The van der Waals surface area contributed by atoms with E-state index < -0.39 is 339 Å². The summed E-state index contributed by atoms with van der Waals surface area (Å²) < 4.78 is 67.6. The average molecular weight is 1570 g/mol. The van der Waals surface area contributed by atoms with E-state index in [0.717, 1.165) is 0 Å². The standard InChI is InChI=1S/C68H48O44/c69-21-1-13(2-22(70)37(21)77)59(91)109-55-53-32-12-102-62(94)17-9-29(43(83)47(87)35(17)34-16(63(95)107-53)6-26(74)40(80)46(34)86)103-51-19(7-27(75)41(81)49(51)89)65(97)112-58-56(110-60(92)14-3-23(71)38(78)24(72)4-14)54-31(105-68(58)100)11-101-61(93)15-5-25(73)39(79)45(85)33(15)36-18(64(96)108-54)10-30(44(84)48(36)88)104-52-20(8-28(76)42(82)50(52)90)66(98)111-57(55)67(99)106-32/h1-10,31-32,53-58,67-90,99-100H,11-12H2/t31-,32-,53-,54-,55+,56+,57-,58-,67-,68?/m1/s1. The van der Waals surface area contributed by atoms with Gasteiger partial charge in [0.2, 0.25) is 46.0 Å². The van der Waals surface area contributed by atoms with Crippen molar-refractivity contribution in [1.29, 1.82) is 0 Å². The maximum absolute atomic E-state index is 15.5. The lowest BCUT2D eigenvalue weighted by molar-refractivity contribution is -0.284. The van der Waals surface area contributed by atoms with Crippen molar-refractivity contribution in [2.24, 2.45) is 0 Å². The van der Waals surface area contributed by atoms with Gasteiger partial charge in [0.1, 0.15) is 36.5 Å². The molecule has 0 saturated carbocycles. The van der Waals surface area contributed by atoms with E-state index in [-0.39, 0.29) is 30.3 Å². The van der Waals surface area contributed by atoms with Gasteiger partial charge in [0.05, 0.1) is 33.4 Å². The summed E-state index contributed by atoms with van der Waals surface area (Å²) in [4.78, 5) is 119. The number of aliphatic hydroxyl groups excluding tert-OH is 2. The minimum Gasteiger partial charge on any atom is -0.504 e. The van der Waals surface area contributed by atoms with Gasteiger partial charge in [-0.2, -0.15) is 0 Å². The molecule has 10 atom stereocenters. The van der Waals surface area contributed by atoms with Crippen molar-refractivity contribution in [3.05, 3.63) is 105 Å². The predicted molar refractivity (Wildman–Crippen MR) is 344 cm³/mol. The highest BCUT2D eigenvalue weighted by atomic mass is 16.7. The van der Waals surface area contributed by atoms with Gasteiger partial charge in [0.15, 0.2) is 153 Å². The number of phenols is 22. The van der Waals surface area contributed by atoms with E-state index in [1.807, 2.05) is 0 Å². The predicted octanol–water partition coefficient (Wildman–Crippen LogP) is 2.17. The molecule has 0 aromatic heterocycles. The fourth-order valence-electron chi connectivity index (χ4n) is 12.3. The molecular weight excluding hydrogens is 1520 g/mol. The summed E-state index contributed by atoms with van der Waals surface area (Å²) in [5.74, 6) is -56.6. The highest BCUT2D eigenvalue weighted by Gasteiger charge is 2.56. The maximum Gasteiger partial charge on any atom is 0.342 e. The number of hydrogen-bond acceptors (Lipinski definition) is 44. The number of fused-ring (bicyclic) bond motifs is 7. The van der Waals surface area contributed by atoms with Gasteiger partial charge in [-0.25, -0.2) is 38.4 Å². The van der Waals surface area contributed by atoms with Gasteiger partial charge in [-0.3, -0.25) is 0 Å². The number of carbonyl (C=O) groups is 8. The maximum atomic E-state index is 15.5. The van der Waals surface area contributed by atoms with Crippen molar-refractivity contribution in [3.63, 3.8) is 0 Å². The van der Waals surface area contributed by atoms with Crippen LogP contribution in [0.3, 0.4) is 0 Å². The Labute approximate surface area is 615 Å². The Balaban J connectivity index is 1.08. The number of rotatable bonds is 4. The zero-order chi connectivity index (χ0) is 81.3. The molecule has 6 aliphatic heterocycles. The van der Waals surface area contributed by atoms with E-state index in [1.54, 1.807) is 0 Å². The molecule has 44 nitrogen and oxygen atoms in total. The van der Waals surface area contributed by atoms with Crippen LogP contribution in [0.4, 0.5) is 0 Å². The van der Waals surface area contributed by atoms with E-state index in [0.29, 0.717) is 30.3 Å². The molecule has 8 aromatic carbocycles. The van der Waals surface area contributed by atoms with Crippen molar-refractivity contribution < 1.29 is 218 Å². The lowest BCUT2D eigenvalue weighted by atomic mass is 9.91. The third kappa shape index (κ3) is 12.4. The molecule has 9 bridgehead atoms. The molecule has 0 spiro atoms. The quantitative estimate of drug-likeness (QED) is 0.0682. The molecule has 6 aliphatic rings. The Morgan fingerprint density at radius 3 is 0.893 bits per heavy atom. The second kappa shape index (κ2) is 27.4. The van der Waals surface area contributed by atoms with Crippen LogP contribution in [0.5, 0.6) is 149 Å². The summed E-state index contributed by atoms with van der Waals surface area (Å²) in [6, 6.07) is 2.96. The van der Waals surface area contributed by atoms with Crippen molar-refractivity contribution in [2.75, 3.05) is 13.2 Å². The van der Waals surface area contributed by atoms with Gasteiger partial charge in [-0.15, -0.1) is 0 Å². The SMILES string of the molecule is O=C(O[C@@H]1[C@H]2OC(=O)c3cc(O)c(O)c(O)c3Oc3cc4c(c(O)c3O)-c3c(cc(O)c(O)c3O)C(=O)OC[C@H]3OC(O)[C@H](OC(=O)c5cc(O)c(O)c(O)c5Oc5cc6c(c(O)c5O)-c5c(cc(O)c(O)c5O)C(=O)O[C@@H]1[C@@H](COC6=O)O[C@H]2O)[C@@H](OC(=O)c1cc(O)c(O)c(O)c1)[C@@H]3OC4=O)c1cc(O)c(O)c(O)c1. The van der Waals surface area contributed by atoms with Crippen molar-refractivity contribution in [3.8, 4) is 172 Å². The molecule has 8 aromatic rings. The Bertz CT molecular complexity index is 5420. The van der Waals surface area contributed by atoms with Gasteiger partial charge < -0.3 is 179 Å². The number of cyclic esters (lactones) is 1. The lowest BCUT2D eigenvalue weighted by Crippen LogP contribution is -2.62. The van der Waals surface area contributed by atoms with Crippen LogP contribution in [0, 0.1) is 0 Å². The molecule has 584 valence electrons. The summed E-state index contributed by atoms with van der Waals surface area (Å²) in [6.07, 6.45) is -27.7. The Hall–Kier alpha value is -15.4. The first-order valence-corrected chi connectivity index (χ1v) is 31.2. The Kier molecular flexibility index (Phi) is 18.3. The molecule has 14 rings (SSSR count). The Morgan fingerprint density at radius 2 is 0.554 bits per heavy atom. The number of carbonyl (C=O) groups excluding carboxylic acids is 8. The highest BCUT2D eigenvalue weighted by Crippen LogP contribution is 2.59. The first-order valence-electron chi connectivity index (χ1n) is 31.2. The number of phenolic OH excluding ortho intramolecular Hbond substituents is 22. The van der Waals surface area contributed by atoms with E-state index >= 15 is 19.2 Å². The summed E-state index contributed by atoms with van der Waals surface area (Å²) in [7, 11) is 0. The molecule has 112 heavy (non-hydrogen) atoms. The van der Waals surface area contributed by atoms with Gasteiger partial charge in [-0.1, -0.05) is 0 Å². The van der Waals surface area contributed by atoms with Gasteiger partial charge in [-0.05, 0) is 36.4 Å². The van der Waals surface area contributed by atoms with Crippen LogP contribution >= 0.6 is 0 Å². The third-order valence-electron chi connectivity index (χ3n) is 17.7. The minimum absolute atomic E-state index is 0.148. The highest BCUT2D eigenvalue weighted by molar-refractivity contribution is 6.10.